The van der Waals surface area contributed by atoms with Crippen molar-refractivity contribution in [3.63, 3.8) is 0 Å². The Hall–Kier alpha value is -3.22. The number of nitrogens with one attached hydrogen (secondary N) is 1. The van der Waals surface area contributed by atoms with Crippen LogP contribution in [0.25, 0.3) is 11.4 Å². The molecule has 28 heavy (non-hydrogen) atoms. The van der Waals surface area contributed by atoms with Gasteiger partial charge in [-0.3, -0.25) is 4.98 Å². The first-order valence-electron chi connectivity index (χ1n) is 9.38. The minimum atomic E-state index is -0.102. The molecule has 1 aliphatic rings. The lowest BCUT2D eigenvalue weighted by molar-refractivity contribution is 0.220. The van der Waals surface area contributed by atoms with Crippen molar-refractivity contribution in [2.45, 2.75) is 26.7 Å². The maximum Gasteiger partial charge on any atom is 0.321 e. The minimum Gasteiger partial charge on any atom is -0.339 e. The molecule has 1 saturated heterocycles. The molecule has 4 rings (SSSR count). The lowest BCUT2D eigenvalue weighted by atomic mass is 9.98. The summed E-state index contributed by atoms with van der Waals surface area (Å²) in [6.07, 6.45) is 3.41. The number of pyridine rings is 1. The maximum atomic E-state index is 12.8. The first kappa shape index (κ1) is 18.2. The van der Waals surface area contributed by atoms with E-state index in [-0.39, 0.29) is 17.9 Å². The first-order chi connectivity index (χ1) is 13.5. The second-order valence-electron chi connectivity index (χ2n) is 7.44. The highest BCUT2D eigenvalue weighted by molar-refractivity contribution is 5.90. The summed E-state index contributed by atoms with van der Waals surface area (Å²) < 4.78 is 5.51. The number of aryl methyl sites for hydroxylation is 2. The second kappa shape index (κ2) is 7.42. The van der Waals surface area contributed by atoms with E-state index in [1.165, 1.54) is 0 Å². The molecule has 0 spiro atoms. The molecule has 1 aliphatic heterocycles. The Morgan fingerprint density at radius 3 is 2.89 bits per heavy atom. The molecular weight excluding hydrogens is 354 g/mol. The Morgan fingerprint density at radius 2 is 2.11 bits per heavy atom. The fraction of sp³-hybridized carbons (Fsp3) is 0.333. The Balaban J connectivity index is 1.47. The van der Waals surface area contributed by atoms with Crippen LogP contribution in [0.15, 0.2) is 47.2 Å². The molecule has 3 aromatic rings. The molecule has 144 valence electrons. The van der Waals surface area contributed by atoms with Gasteiger partial charge in [-0.05, 0) is 49.1 Å². The van der Waals surface area contributed by atoms with Gasteiger partial charge >= 0.3 is 6.03 Å². The van der Waals surface area contributed by atoms with Crippen molar-refractivity contribution in [2.24, 2.45) is 5.92 Å². The quantitative estimate of drug-likeness (QED) is 0.745. The highest BCUT2D eigenvalue weighted by atomic mass is 16.5. The number of urea groups is 1. The number of rotatable bonds is 3. The van der Waals surface area contributed by atoms with Gasteiger partial charge in [-0.2, -0.15) is 4.98 Å². The van der Waals surface area contributed by atoms with Gasteiger partial charge in [0.15, 0.2) is 0 Å². The molecule has 7 heteroatoms. The van der Waals surface area contributed by atoms with Crippen molar-refractivity contribution in [1.82, 2.24) is 20.0 Å². The highest BCUT2D eigenvalue weighted by Crippen LogP contribution is 2.33. The van der Waals surface area contributed by atoms with Gasteiger partial charge < -0.3 is 14.7 Å². The smallest absolute Gasteiger partial charge is 0.321 e. The average molecular weight is 377 g/mol. The van der Waals surface area contributed by atoms with Gasteiger partial charge in [0.05, 0.1) is 5.92 Å². The van der Waals surface area contributed by atoms with Crippen LogP contribution in [0, 0.1) is 19.8 Å². The molecule has 0 radical (unpaired) electrons. The topological polar surface area (TPSA) is 84.2 Å². The van der Waals surface area contributed by atoms with Gasteiger partial charge in [-0.25, -0.2) is 4.79 Å². The maximum absolute atomic E-state index is 12.8. The summed E-state index contributed by atoms with van der Waals surface area (Å²) in [6, 6.07) is 9.66. The molecule has 7 nitrogen and oxygen atoms in total. The fourth-order valence-electron chi connectivity index (χ4n) is 3.52. The normalized spacial score (nSPS) is 19.0. The van der Waals surface area contributed by atoms with Crippen molar-refractivity contribution in [3.05, 3.63) is 59.7 Å². The summed E-state index contributed by atoms with van der Waals surface area (Å²) in [4.78, 5) is 23.2. The molecule has 3 heterocycles. The van der Waals surface area contributed by atoms with Gasteiger partial charge in [-0.1, -0.05) is 24.2 Å². The van der Waals surface area contributed by atoms with Crippen LogP contribution >= 0.6 is 0 Å². The number of benzene rings is 1. The summed E-state index contributed by atoms with van der Waals surface area (Å²) in [7, 11) is 0. The molecule has 1 fully saturated rings. The van der Waals surface area contributed by atoms with Gasteiger partial charge in [0, 0.05) is 36.7 Å². The van der Waals surface area contributed by atoms with Gasteiger partial charge in [0.25, 0.3) is 0 Å². The van der Waals surface area contributed by atoms with E-state index in [9.17, 15) is 4.79 Å². The molecule has 0 aliphatic carbocycles. The molecule has 0 unspecified atom stereocenters. The number of hydrogen-bond donors (Lipinski definition) is 1. The molecule has 2 amide bonds. The second-order valence-corrected chi connectivity index (χ2v) is 7.44. The van der Waals surface area contributed by atoms with Gasteiger partial charge in [-0.15, -0.1) is 0 Å². The van der Waals surface area contributed by atoms with E-state index >= 15 is 0 Å². The van der Waals surface area contributed by atoms with Gasteiger partial charge in [0.2, 0.25) is 11.7 Å². The molecule has 2 atom stereocenters. The van der Waals surface area contributed by atoms with Crippen molar-refractivity contribution >= 4 is 11.7 Å². The monoisotopic (exact) mass is 377 g/mol. The standard InChI is InChI=1S/C21H23N5O2/c1-13-6-7-14(2)18(9-13)23-21(27)26-11-15(3)17(12-26)20-24-19(25-28-20)16-5-4-8-22-10-16/h4-10,15,17H,11-12H2,1-3H3,(H,23,27)/t15-,17-/m0/s1. The third-order valence-corrected chi connectivity index (χ3v) is 5.21. The molecular formula is C21H23N5O2. The zero-order valence-corrected chi connectivity index (χ0v) is 16.2. The molecule has 1 aromatic carbocycles. The molecule has 1 N–H and O–H groups in total. The van der Waals surface area contributed by atoms with Crippen molar-refractivity contribution < 1.29 is 9.32 Å². The van der Waals surface area contributed by atoms with E-state index in [4.69, 9.17) is 4.52 Å². The number of carbonyl (C=O) groups excluding carboxylic acids is 1. The van der Waals surface area contributed by atoms with Crippen LogP contribution in [0.3, 0.4) is 0 Å². The predicted molar refractivity (Wildman–Crippen MR) is 106 cm³/mol. The van der Waals surface area contributed by atoms with E-state index in [2.05, 4.69) is 27.4 Å². The number of aromatic nitrogens is 3. The lowest BCUT2D eigenvalue weighted by Crippen LogP contribution is -2.33. The summed E-state index contributed by atoms with van der Waals surface area (Å²) in [6.45, 7) is 7.30. The molecule has 0 saturated carbocycles. The third kappa shape index (κ3) is 3.60. The minimum absolute atomic E-state index is 0.0160. The summed E-state index contributed by atoms with van der Waals surface area (Å²) in [5.41, 5.74) is 3.81. The SMILES string of the molecule is Cc1ccc(C)c(NC(=O)N2C[C@H](c3nc(-c4cccnc4)no3)[C@@H](C)C2)c1. The number of amides is 2. The van der Waals surface area contributed by atoms with Crippen molar-refractivity contribution in [1.29, 1.82) is 0 Å². The van der Waals surface area contributed by atoms with Crippen LogP contribution < -0.4 is 5.32 Å². The average Bonchev–Trinajstić information content (AvgIpc) is 3.32. The summed E-state index contributed by atoms with van der Waals surface area (Å²) in [5, 5.41) is 7.11. The Labute approximate surface area is 163 Å². The molecule has 0 bridgehead atoms. The van der Waals surface area contributed by atoms with Crippen molar-refractivity contribution in [3.8, 4) is 11.4 Å². The Morgan fingerprint density at radius 1 is 1.25 bits per heavy atom. The van der Waals surface area contributed by atoms with Crippen LogP contribution in [-0.2, 0) is 0 Å². The predicted octanol–water partition coefficient (Wildman–Crippen LogP) is 4.02. The van der Waals surface area contributed by atoms with E-state index in [0.29, 0.717) is 24.8 Å². The number of nitrogens with zero attached hydrogens (tertiary/aromatic N) is 4. The van der Waals surface area contributed by atoms with Crippen LogP contribution in [-0.4, -0.2) is 39.1 Å². The van der Waals surface area contributed by atoms with E-state index in [0.717, 1.165) is 22.4 Å². The van der Waals surface area contributed by atoms with E-state index in [1.807, 2.05) is 49.1 Å². The third-order valence-electron chi connectivity index (χ3n) is 5.21. The van der Waals surface area contributed by atoms with Gasteiger partial charge in [0.1, 0.15) is 0 Å². The number of hydrogen-bond acceptors (Lipinski definition) is 5. The Bertz CT molecular complexity index is 985. The van der Waals surface area contributed by atoms with Crippen LogP contribution in [0.1, 0.15) is 29.9 Å². The van der Waals surface area contributed by atoms with E-state index in [1.54, 1.807) is 12.4 Å². The lowest BCUT2D eigenvalue weighted by Gasteiger charge is -2.18. The number of anilines is 1. The number of carbonyl (C=O) groups is 1. The zero-order chi connectivity index (χ0) is 19.7. The highest BCUT2D eigenvalue weighted by Gasteiger charge is 2.37. The summed E-state index contributed by atoms with van der Waals surface area (Å²) >= 11 is 0. The molecule has 2 aromatic heterocycles. The van der Waals surface area contributed by atoms with Crippen LogP contribution in [0.5, 0.6) is 0 Å². The first-order valence-corrected chi connectivity index (χ1v) is 9.38. The van der Waals surface area contributed by atoms with Crippen LogP contribution in [0.2, 0.25) is 0 Å². The zero-order valence-electron chi connectivity index (χ0n) is 16.2. The number of likely N-dealkylation sites (tertiary alicyclic amines) is 1. The van der Waals surface area contributed by atoms with Crippen molar-refractivity contribution in [2.75, 3.05) is 18.4 Å². The fourth-order valence-corrected chi connectivity index (χ4v) is 3.52. The van der Waals surface area contributed by atoms with E-state index < -0.39 is 0 Å². The Kier molecular flexibility index (Phi) is 4.81. The van der Waals surface area contributed by atoms with Crippen LogP contribution in [0.4, 0.5) is 10.5 Å². The largest absolute Gasteiger partial charge is 0.339 e. The summed E-state index contributed by atoms with van der Waals surface area (Å²) in [5.74, 6) is 1.33.